The maximum Gasteiger partial charge on any atom is 0.270 e. The molecule has 0 radical (unpaired) electrons. The van der Waals surface area contributed by atoms with Gasteiger partial charge in [0, 0.05) is 10.2 Å². The van der Waals surface area contributed by atoms with Crippen LogP contribution >= 0.6 is 39.9 Å². The quantitative estimate of drug-likeness (QED) is 0.280. The summed E-state index contributed by atoms with van der Waals surface area (Å²) in [5.41, 5.74) is 4.24. The number of para-hydroxylation sites is 1. The van der Waals surface area contributed by atoms with Gasteiger partial charge in [0.1, 0.15) is 5.75 Å². The number of halogens is 1. The van der Waals surface area contributed by atoms with Gasteiger partial charge in [0.05, 0.1) is 10.6 Å². The van der Waals surface area contributed by atoms with Crippen LogP contribution in [0.3, 0.4) is 0 Å². The molecule has 172 valence electrons. The molecule has 1 saturated heterocycles. The van der Waals surface area contributed by atoms with Crippen LogP contribution in [0.15, 0.2) is 76.1 Å². The highest BCUT2D eigenvalue weighted by Crippen LogP contribution is 2.37. The van der Waals surface area contributed by atoms with Crippen molar-refractivity contribution in [1.29, 1.82) is 0 Å². The molecule has 0 saturated carbocycles. The molecule has 5 nitrogen and oxygen atoms in total. The van der Waals surface area contributed by atoms with Gasteiger partial charge in [-0.3, -0.25) is 14.5 Å². The Bertz CT molecular complexity index is 1320. The number of carbonyl (C=O) groups excluding carboxylic acids is 2. The van der Waals surface area contributed by atoms with E-state index in [9.17, 15) is 9.59 Å². The Morgan fingerprint density at radius 2 is 1.88 bits per heavy atom. The first kappa shape index (κ1) is 24.2. The summed E-state index contributed by atoms with van der Waals surface area (Å²) in [5.74, 6) is 0.126. The van der Waals surface area contributed by atoms with Gasteiger partial charge in [-0.05, 0) is 73.0 Å². The minimum absolute atomic E-state index is 0.131. The molecular weight excluding hydrogens is 532 g/mol. The number of hydrogen-bond donors (Lipinski definition) is 1. The molecule has 3 aromatic carbocycles. The minimum atomic E-state index is -0.255. The van der Waals surface area contributed by atoms with E-state index in [0.717, 1.165) is 32.5 Å². The van der Waals surface area contributed by atoms with Gasteiger partial charge in [-0.15, -0.1) is 0 Å². The summed E-state index contributed by atoms with van der Waals surface area (Å²) >= 11 is 10.2. The van der Waals surface area contributed by atoms with Crippen LogP contribution in [0.4, 0.5) is 11.4 Å². The molecule has 1 heterocycles. The van der Waals surface area contributed by atoms with Gasteiger partial charge in [0.15, 0.2) is 10.9 Å². The summed E-state index contributed by atoms with van der Waals surface area (Å²) in [7, 11) is 0. The van der Waals surface area contributed by atoms with Crippen LogP contribution in [0, 0.1) is 13.8 Å². The Morgan fingerprint density at radius 3 is 2.65 bits per heavy atom. The lowest BCUT2D eigenvalue weighted by Gasteiger charge is -2.16. The lowest BCUT2D eigenvalue weighted by Crippen LogP contribution is -2.28. The Labute approximate surface area is 216 Å². The predicted octanol–water partition coefficient (Wildman–Crippen LogP) is 6.49. The second kappa shape index (κ2) is 10.5. The molecule has 0 bridgehead atoms. The molecular formula is C26H21BrN2O3S2. The van der Waals surface area contributed by atoms with Crippen LogP contribution in [0.25, 0.3) is 6.08 Å². The summed E-state index contributed by atoms with van der Waals surface area (Å²) in [6, 6.07) is 20.6. The third kappa shape index (κ3) is 5.58. The van der Waals surface area contributed by atoms with Crippen molar-refractivity contribution in [3.05, 3.63) is 92.8 Å². The molecule has 0 atom stereocenters. The number of nitrogens with zero attached hydrogens (tertiary/aromatic N) is 1. The first-order chi connectivity index (χ1) is 16.3. The largest absolute Gasteiger partial charge is 0.484 e. The zero-order chi connectivity index (χ0) is 24.2. The Kier molecular flexibility index (Phi) is 7.50. The van der Waals surface area contributed by atoms with Crippen molar-refractivity contribution in [1.82, 2.24) is 0 Å². The van der Waals surface area contributed by atoms with Crippen molar-refractivity contribution in [3.8, 4) is 5.75 Å². The Hall–Kier alpha value is -2.94. The molecule has 4 rings (SSSR count). The van der Waals surface area contributed by atoms with E-state index in [1.165, 1.54) is 11.8 Å². The maximum atomic E-state index is 13.1. The van der Waals surface area contributed by atoms with Crippen LogP contribution < -0.4 is 15.0 Å². The van der Waals surface area contributed by atoms with Crippen molar-refractivity contribution >= 4 is 73.5 Å². The molecule has 8 heteroatoms. The molecule has 34 heavy (non-hydrogen) atoms. The van der Waals surface area contributed by atoms with Crippen molar-refractivity contribution in [2.45, 2.75) is 13.8 Å². The standard InChI is InChI=1S/C26H21BrN2O3S2/c1-16-6-3-4-9-22(16)29-25(31)23(34-26(29)33)14-18-7-5-8-20(13-18)32-15-24(30)28-21-11-10-19(27)12-17(21)2/h3-14H,15H2,1-2H3,(H,28,30)/b23-14-. The highest BCUT2D eigenvalue weighted by molar-refractivity contribution is 9.10. The minimum Gasteiger partial charge on any atom is -0.484 e. The van der Waals surface area contributed by atoms with Crippen molar-refractivity contribution in [3.63, 3.8) is 0 Å². The number of benzene rings is 3. The fourth-order valence-electron chi connectivity index (χ4n) is 3.44. The third-order valence-electron chi connectivity index (χ3n) is 5.14. The summed E-state index contributed by atoms with van der Waals surface area (Å²) < 4.78 is 7.13. The van der Waals surface area contributed by atoms with Crippen molar-refractivity contribution in [2.75, 3.05) is 16.8 Å². The zero-order valence-electron chi connectivity index (χ0n) is 18.5. The molecule has 0 spiro atoms. The van der Waals surface area contributed by atoms with Gasteiger partial charge >= 0.3 is 0 Å². The number of aryl methyl sites for hydroxylation is 2. The lowest BCUT2D eigenvalue weighted by molar-refractivity contribution is -0.118. The van der Waals surface area contributed by atoms with Crippen molar-refractivity contribution < 1.29 is 14.3 Å². The molecule has 1 fully saturated rings. The number of hydrogen-bond acceptors (Lipinski definition) is 5. The average molecular weight is 554 g/mol. The summed E-state index contributed by atoms with van der Waals surface area (Å²) in [6.45, 7) is 3.74. The van der Waals surface area contributed by atoms with Crippen LogP contribution in [0.1, 0.15) is 16.7 Å². The number of carbonyl (C=O) groups is 2. The van der Waals surface area contributed by atoms with Gasteiger partial charge in [0.2, 0.25) is 0 Å². The summed E-state index contributed by atoms with van der Waals surface area (Å²) in [6.07, 6.45) is 1.79. The second-order valence-corrected chi connectivity index (χ2v) is 10.3. The smallest absolute Gasteiger partial charge is 0.270 e. The zero-order valence-corrected chi connectivity index (χ0v) is 21.7. The molecule has 1 N–H and O–H groups in total. The molecule has 1 aliphatic heterocycles. The van der Waals surface area contributed by atoms with E-state index in [0.29, 0.717) is 15.0 Å². The SMILES string of the molecule is Cc1cc(Br)ccc1NC(=O)COc1cccc(/C=C2\SC(=S)N(c3ccccc3C)C2=O)c1. The van der Waals surface area contributed by atoms with E-state index in [1.807, 2.05) is 68.4 Å². The van der Waals surface area contributed by atoms with Crippen LogP contribution in [0.5, 0.6) is 5.75 Å². The number of nitrogens with one attached hydrogen (secondary N) is 1. The van der Waals surface area contributed by atoms with E-state index in [-0.39, 0.29) is 18.4 Å². The fraction of sp³-hybridized carbons (Fsp3) is 0.115. The molecule has 1 aliphatic rings. The van der Waals surface area contributed by atoms with E-state index < -0.39 is 0 Å². The number of ether oxygens (including phenoxy) is 1. The highest BCUT2D eigenvalue weighted by atomic mass is 79.9. The van der Waals surface area contributed by atoms with E-state index in [2.05, 4.69) is 21.2 Å². The number of thioether (sulfide) groups is 1. The lowest BCUT2D eigenvalue weighted by atomic mass is 10.1. The van der Waals surface area contributed by atoms with Gasteiger partial charge in [-0.2, -0.15) is 0 Å². The second-order valence-electron chi connectivity index (χ2n) is 7.67. The van der Waals surface area contributed by atoms with Gasteiger partial charge in [-0.25, -0.2) is 0 Å². The Morgan fingerprint density at radius 1 is 1.09 bits per heavy atom. The summed E-state index contributed by atoms with van der Waals surface area (Å²) in [4.78, 5) is 27.5. The fourth-order valence-corrected chi connectivity index (χ4v) is 5.20. The highest BCUT2D eigenvalue weighted by Gasteiger charge is 2.33. The normalized spacial score (nSPS) is 14.6. The van der Waals surface area contributed by atoms with Crippen LogP contribution in [-0.4, -0.2) is 22.7 Å². The Balaban J connectivity index is 1.43. The first-order valence-corrected chi connectivity index (χ1v) is 12.5. The summed E-state index contributed by atoms with van der Waals surface area (Å²) in [5, 5.41) is 2.85. The van der Waals surface area contributed by atoms with Crippen LogP contribution in [-0.2, 0) is 9.59 Å². The average Bonchev–Trinajstić information content (AvgIpc) is 3.07. The third-order valence-corrected chi connectivity index (χ3v) is 6.93. The van der Waals surface area contributed by atoms with E-state index in [1.54, 1.807) is 23.1 Å². The molecule has 2 amide bonds. The molecule has 0 aromatic heterocycles. The maximum absolute atomic E-state index is 13.1. The molecule has 0 unspecified atom stereocenters. The van der Waals surface area contributed by atoms with Crippen LogP contribution in [0.2, 0.25) is 0 Å². The number of rotatable bonds is 6. The van der Waals surface area contributed by atoms with E-state index >= 15 is 0 Å². The molecule has 0 aliphatic carbocycles. The number of thiocarbonyl (C=S) groups is 1. The topological polar surface area (TPSA) is 58.6 Å². The van der Waals surface area contributed by atoms with E-state index in [4.69, 9.17) is 17.0 Å². The molecule has 3 aromatic rings. The van der Waals surface area contributed by atoms with Gasteiger partial charge in [0.25, 0.3) is 11.8 Å². The van der Waals surface area contributed by atoms with Gasteiger partial charge < -0.3 is 10.1 Å². The number of amides is 2. The predicted molar refractivity (Wildman–Crippen MR) is 146 cm³/mol. The number of anilines is 2. The van der Waals surface area contributed by atoms with Crippen molar-refractivity contribution in [2.24, 2.45) is 0 Å². The monoisotopic (exact) mass is 552 g/mol. The van der Waals surface area contributed by atoms with Gasteiger partial charge in [-0.1, -0.05) is 70.2 Å². The first-order valence-electron chi connectivity index (χ1n) is 10.4.